The minimum absolute atomic E-state index is 0.0746. The van der Waals surface area contributed by atoms with Crippen LogP contribution in [0, 0.1) is 0 Å². The van der Waals surface area contributed by atoms with Gasteiger partial charge in [-0.2, -0.15) is 5.10 Å². The number of rotatable bonds is 27. The van der Waals surface area contributed by atoms with Gasteiger partial charge in [-0.3, -0.25) is 14.6 Å². The Hall–Kier alpha value is -3.75. The Balaban J connectivity index is 1.03. The van der Waals surface area contributed by atoms with Crippen molar-refractivity contribution >= 4 is 45.6 Å². The molecule has 2 aromatic heterocycles. The first-order valence-corrected chi connectivity index (χ1v) is 18.5. The second kappa shape index (κ2) is 24.5. The molecule has 1 aliphatic rings. The van der Waals surface area contributed by atoms with Crippen LogP contribution in [-0.2, 0) is 39.8 Å². The highest BCUT2D eigenvalue weighted by atomic mass is 32.2. The molecule has 0 fully saturated rings. The van der Waals surface area contributed by atoms with E-state index in [0.717, 1.165) is 24.2 Å². The molecule has 0 saturated heterocycles. The maximum absolute atomic E-state index is 12.8. The number of aliphatic imine (C=N–C) groups is 1. The zero-order valence-electron chi connectivity index (χ0n) is 29.6. The van der Waals surface area contributed by atoms with Crippen molar-refractivity contribution in [1.29, 1.82) is 0 Å². The predicted octanol–water partition coefficient (Wildman–Crippen LogP) is 1.25. The fourth-order valence-electron chi connectivity index (χ4n) is 4.93. The molecular formula is C34H51N9O8S. The van der Waals surface area contributed by atoms with Crippen molar-refractivity contribution in [3.8, 4) is 11.3 Å². The van der Waals surface area contributed by atoms with Crippen LogP contribution in [0.3, 0.4) is 0 Å². The van der Waals surface area contributed by atoms with E-state index in [9.17, 15) is 9.59 Å². The van der Waals surface area contributed by atoms with Gasteiger partial charge in [-0.05, 0) is 25.0 Å². The maximum Gasteiger partial charge on any atom is 0.257 e. The molecule has 0 spiro atoms. The van der Waals surface area contributed by atoms with Crippen LogP contribution in [0.5, 0.6) is 0 Å². The van der Waals surface area contributed by atoms with E-state index in [0.29, 0.717) is 139 Å². The summed E-state index contributed by atoms with van der Waals surface area (Å²) in [4.78, 5) is 38.0. The quantitative estimate of drug-likeness (QED) is 0.0808. The number of nitrogens with two attached hydrogens (primary N) is 2. The Labute approximate surface area is 307 Å². The lowest BCUT2D eigenvalue weighted by atomic mass is 10.1. The van der Waals surface area contributed by atoms with Crippen LogP contribution in [0.2, 0.25) is 0 Å². The number of hydrogen-bond acceptors (Lipinski definition) is 15. The molecule has 0 atom stereocenters. The van der Waals surface area contributed by atoms with Crippen molar-refractivity contribution in [2.75, 3.05) is 110 Å². The van der Waals surface area contributed by atoms with Gasteiger partial charge < -0.3 is 50.5 Å². The Morgan fingerprint density at radius 3 is 2.13 bits per heavy atom. The number of benzene rings is 1. The molecule has 4 rings (SSSR count). The van der Waals surface area contributed by atoms with E-state index >= 15 is 0 Å². The molecule has 0 unspecified atom stereocenters. The Kier molecular flexibility index (Phi) is 19.3. The normalized spacial score (nSPS) is 12.8. The number of carbonyl (C=O) groups is 2. The van der Waals surface area contributed by atoms with Gasteiger partial charge in [0.05, 0.1) is 91.2 Å². The molecule has 18 heteroatoms. The Morgan fingerprint density at radius 2 is 1.50 bits per heavy atom. The number of hydrogen-bond donors (Lipinski definition) is 4. The molecular weight excluding hydrogens is 694 g/mol. The number of amides is 2. The van der Waals surface area contributed by atoms with Gasteiger partial charge in [-0.1, -0.05) is 23.9 Å². The summed E-state index contributed by atoms with van der Waals surface area (Å²) < 4.78 is 34.3. The summed E-state index contributed by atoms with van der Waals surface area (Å²) in [7, 11) is 0. The van der Waals surface area contributed by atoms with Crippen molar-refractivity contribution in [3.63, 3.8) is 0 Å². The lowest BCUT2D eigenvalue weighted by molar-refractivity contribution is -0.122. The van der Waals surface area contributed by atoms with E-state index in [1.54, 1.807) is 22.9 Å². The van der Waals surface area contributed by atoms with Gasteiger partial charge in [-0.25, -0.2) is 14.6 Å². The Morgan fingerprint density at radius 1 is 0.846 bits per heavy atom. The molecule has 52 heavy (non-hydrogen) atoms. The van der Waals surface area contributed by atoms with E-state index in [2.05, 4.69) is 25.6 Å². The first-order valence-electron chi connectivity index (χ1n) is 17.6. The Bertz CT molecular complexity index is 1540. The maximum atomic E-state index is 12.8. The third-order valence-corrected chi connectivity index (χ3v) is 8.37. The lowest BCUT2D eigenvalue weighted by Gasteiger charge is -2.08. The molecule has 1 aromatic carbocycles. The van der Waals surface area contributed by atoms with Crippen LogP contribution >= 0.6 is 11.8 Å². The number of ether oxygens (including phenoxy) is 6. The number of nitrogen functional groups attached to an aromatic ring is 1. The molecule has 0 radical (unpaired) electrons. The number of amidine groups is 1. The summed E-state index contributed by atoms with van der Waals surface area (Å²) in [5, 5.41) is 11.9. The topological polar surface area (TPSA) is 222 Å². The number of fused-ring (bicyclic) bond motifs is 1. The summed E-state index contributed by atoms with van der Waals surface area (Å²) in [6.45, 7) is 7.91. The average Bonchev–Trinajstić information content (AvgIpc) is 3.81. The van der Waals surface area contributed by atoms with Gasteiger partial charge in [0, 0.05) is 42.9 Å². The third-order valence-electron chi connectivity index (χ3n) is 7.48. The highest BCUT2D eigenvalue weighted by Gasteiger charge is 2.19. The summed E-state index contributed by atoms with van der Waals surface area (Å²) in [6.07, 6.45) is 3.16. The van der Waals surface area contributed by atoms with Gasteiger partial charge in [0.1, 0.15) is 17.8 Å². The molecule has 3 heterocycles. The summed E-state index contributed by atoms with van der Waals surface area (Å²) >= 11 is 1.52. The van der Waals surface area contributed by atoms with Crippen molar-refractivity contribution in [2.24, 2.45) is 10.7 Å². The highest BCUT2D eigenvalue weighted by Crippen LogP contribution is 2.30. The fourth-order valence-corrected chi connectivity index (χ4v) is 5.65. The number of carbonyl (C=O) groups excluding carboxylic acids is 2. The van der Waals surface area contributed by atoms with Crippen LogP contribution in [0.25, 0.3) is 22.3 Å². The zero-order valence-corrected chi connectivity index (χ0v) is 30.4. The molecule has 0 saturated carbocycles. The molecule has 0 bridgehead atoms. The van der Waals surface area contributed by atoms with Crippen LogP contribution in [0.15, 0.2) is 35.6 Å². The summed E-state index contributed by atoms with van der Waals surface area (Å²) in [6, 6.07) is 7.21. The number of nitrogens with one attached hydrogen (secondary N) is 2. The lowest BCUT2D eigenvalue weighted by Crippen LogP contribution is -2.27. The minimum atomic E-state index is -0.235. The van der Waals surface area contributed by atoms with Gasteiger partial charge in [0.2, 0.25) is 5.91 Å². The molecule has 17 nitrogen and oxygen atoms in total. The zero-order chi connectivity index (χ0) is 36.6. The first kappa shape index (κ1) is 41.0. The van der Waals surface area contributed by atoms with E-state index < -0.39 is 0 Å². The van der Waals surface area contributed by atoms with Crippen molar-refractivity contribution in [2.45, 2.75) is 25.8 Å². The first-order chi connectivity index (χ1) is 25.6. The number of unbranched alkanes of at least 4 members (excludes halogenated alkanes) is 1. The molecule has 3 aromatic rings. The molecule has 286 valence electrons. The molecule has 2 amide bonds. The second-order valence-corrected chi connectivity index (χ2v) is 12.5. The smallest absolute Gasteiger partial charge is 0.257 e. The molecule has 6 N–H and O–H groups in total. The van der Waals surface area contributed by atoms with Gasteiger partial charge >= 0.3 is 0 Å². The number of thioether (sulfide) groups is 1. The van der Waals surface area contributed by atoms with Gasteiger partial charge in [0.25, 0.3) is 5.91 Å². The van der Waals surface area contributed by atoms with E-state index in [1.165, 1.54) is 18.1 Å². The van der Waals surface area contributed by atoms with E-state index in [-0.39, 0.29) is 18.2 Å². The third kappa shape index (κ3) is 14.7. The standard InChI is InChI=1S/C34H51N9O8S/c35-7-12-47-14-16-49-18-20-51-22-21-50-19-17-48-15-13-46-11-6-28(44)37-8-1-2-10-43-32-29(31(36)39-25-40-32)30(42-43)26-4-3-5-27(24-26)33(45)41-34-38-9-23-52-34/h3-5,24-25H,1-2,6-23,35H2,(H,37,44)(H2,36,39,40)(H,38,41,45). The van der Waals surface area contributed by atoms with Crippen LogP contribution < -0.4 is 22.1 Å². The number of aromatic nitrogens is 4. The predicted molar refractivity (Wildman–Crippen MR) is 198 cm³/mol. The van der Waals surface area contributed by atoms with Crippen molar-refractivity contribution < 1.29 is 38.0 Å². The monoisotopic (exact) mass is 745 g/mol. The summed E-state index contributed by atoms with van der Waals surface area (Å²) in [5.41, 5.74) is 14.0. The highest BCUT2D eigenvalue weighted by molar-refractivity contribution is 8.14. The van der Waals surface area contributed by atoms with Crippen molar-refractivity contribution in [3.05, 3.63) is 36.2 Å². The van der Waals surface area contributed by atoms with Gasteiger partial charge in [-0.15, -0.1) is 0 Å². The van der Waals surface area contributed by atoms with Crippen LogP contribution in [0.4, 0.5) is 5.82 Å². The number of aryl methyl sites for hydroxylation is 1. The number of nitrogens with zero attached hydrogens (tertiary/aromatic N) is 5. The minimum Gasteiger partial charge on any atom is -0.383 e. The van der Waals surface area contributed by atoms with E-state index in [1.807, 2.05) is 6.07 Å². The summed E-state index contributed by atoms with van der Waals surface area (Å²) in [5.74, 6) is 0.861. The van der Waals surface area contributed by atoms with Gasteiger partial charge in [0.15, 0.2) is 10.8 Å². The van der Waals surface area contributed by atoms with E-state index in [4.69, 9.17) is 45.0 Å². The number of anilines is 1. The van der Waals surface area contributed by atoms with Crippen LogP contribution in [-0.4, -0.2) is 141 Å². The second-order valence-electron chi connectivity index (χ2n) is 11.4. The molecule has 1 aliphatic heterocycles. The average molecular weight is 746 g/mol. The SMILES string of the molecule is NCCOCCOCCOCCOCCOCCOCCC(=O)NCCCCn1nc(-c2cccc(C(=O)NC3=NCCS3)c2)c2c(N)ncnc21. The van der Waals surface area contributed by atoms with Crippen LogP contribution in [0.1, 0.15) is 29.6 Å². The largest absolute Gasteiger partial charge is 0.383 e. The fraction of sp³-hybridized carbons (Fsp3) is 0.588. The molecule has 0 aliphatic carbocycles. The van der Waals surface area contributed by atoms with Crippen molar-refractivity contribution in [1.82, 2.24) is 30.4 Å².